The van der Waals surface area contributed by atoms with Gasteiger partial charge in [-0.15, -0.1) is 0 Å². The predicted octanol–water partition coefficient (Wildman–Crippen LogP) is 11.2. The molecular formula is C33H36F8O2. The normalized spacial score (nSPS) is 22.9. The van der Waals surface area contributed by atoms with Crippen molar-refractivity contribution in [3.8, 4) is 11.5 Å². The van der Waals surface area contributed by atoms with Crippen molar-refractivity contribution in [1.29, 1.82) is 0 Å². The molecule has 2 saturated carbocycles. The van der Waals surface area contributed by atoms with E-state index in [2.05, 4.69) is 28.5 Å². The molecule has 0 saturated heterocycles. The highest BCUT2D eigenvalue weighted by Crippen LogP contribution is 2.42. The average molecular weight is 617 g/mol. The lowest BCUT2D eigenvalue weighted by Crippen LogP contribution is -2.37. The van der Waals surface area contributed by atoms with Gasteiger partial charge in [0.15, 0.2) is 11.6 Å². The van der Waals surface area contributed by atoms with E-state index >= 15 is 0 Å². The minimum atomic E-state index is -3.77. The zero-order chi connectivity index (χ0) is 31.1. The van der Waals surface area contributed by atoms with Gasteiger partial charge in [-0.2, -0.15) is 22.0 Å². The highest BCUT2D eigenvalue weighted by molar-refractivity contribution is 5.36. The van der Waals surface area contributed by atoms with E-state index in [9.17, 15) is 35.1 Å². The van der Waals surface area contributed by atoms with Crippen molar-refractivity contribution in [3.63, 3.8) is 0 Å². The van der Waals surface area contributed by atoms with Crippen LogP contribution in [0.3, 0.4) is 0 Å². The van der Waals surface area contributed by atoms with Gasteiger partial charge in [-0.1, -0.05) is 31.2 Å². The van der Waals surface area contributed by atoms with Gasteiger partial charge in [-0.25, -0.2) is 13.2 Å². The molecule has 10 heteroatoms. The van der Waals surface area contributed by atoms with E-state index in [0.717, 1.165) is 37.7 Å². The Morgan fingerprint density at radius 2 is 1.51 bits per heavy atom. The molecule has 0 radical (unpaired) electrons. The molecule has 0 aliphatic heterocycles. The minimum Gasteiger partial charge on any atom is -0.432 e. The fourth-order valence-electron chi connectivity index (χ4n) is 6.20. The van der Waals surface area contributed by atoms with E-state index in [-0.39, 0.29) is 24.6 Å². The summed E-state index contributed by atoms with van der Waals surface area (Å²) in [6, 6.07) is 3.62. The summed E-state index contributed by atoms with van der Waals surface area (Å²) in [7, 11) is 0. The Morgan fingerprint density at radius 3 is 2.09 bits per heavy atom. The molecule has 0 N–H and O–H groups in total. The molecule has 4 rings (SSSR count). The summed E-state index contributed by atoms with van der Waals surface area (Å²) in [5, 5.41) is 0. The summed E-state index contributed by atoms with van der Waals surface area (Å²) in [6.45, 7) is 2.12. The van der Waals surface area contributed by atoms with E-state index < -0.39 is 47.3 Å². The van der Waals surface area contributed by atoms with Crippen molar-refractivity contribution >= 4 is 0 Å². The lowest BCUT2D eigenvalue weighted by Gasteiger charge is -2.33. The first-order valence-corrected chi connectivity index (χ1v) is 14.9. The quantitative estimate of drug-likeness (QED) is 0.142. The SMILES string of the molecule is CC/C=C/C1CCC(c2ccc(CCC3CCC(C(F)(F)Oc4cc(F)c(OC(F)=C(F)F)c(F)c4)CC3)c(F)c2)CC1. The third-order valence-electron chi connectivity index (χ3n) is 8.67. The van der Waals surface area contributed by atoms with Crippen LogP contribution >= 0.6 is 0 Å². The van der Waals surface area contributed by atoms with E-state index in [4.69, 9.17) is 0 Å². The Morgan fingerprint density at radius 1 is 0.860 bits per heavy atom. The van der Waals surface area contributed by atoms with Crippen LogP contribution in [0.25, 0.3) is 0 Å². The molecule has 2 fully saturated rings. The molecule has 0 heterocycles. The van der Waals surface area contributed by atoms with Crippen LogP contribution in [-0.4, -0.2) is 6.11 Å². The molecular weight excluding hydrogens is 580 g/mol. The van der Waals surface area contributed by atoms with Crippen LogP contribution in [0.2, 0.25) is 0 Å². The summed E-state index contributed by atoms with van der Waals surface area (Å²) < 4.78 is 118. The van der Waals surface area contributed by atoms with Crippen LogP contribution in [0, 0.1) is 35.2 Å². The van der Waals surface area contributed by atoms with Crippen LogP contribution < -0.4 is 9.47 Å². The molecule has 236 valence electrons. The lowest BCUT2D eigenvalue weighted by atomic mass is 9.77. The van der Waals surface area contributed by atoms with Gasteiger partial charge in [0.05, 0.1) is 5.92 Å². The first kappa shape index (κ1) is 32.9. The largest absolute Gasteiger partial charge is 0.432 e. The molecule has 0 amide bonds. The summed E-state index contributed by atoms with van der Waals surface area (Å²) in [5.74, 6) is -6.14. The summed E-state index contributed by atoms with van der Waals surface area (Å²) in [5.41, 5.74) is 1.64. The Labute approximate surface area is 246 Å². The van der Waals surface area contributed by atoms with Crippen LogP contribution in [0.15, 0.2) is 54.6 Å². The topological polar surface area (TPSA) is 18.5 Å². The van der Waals surface area contributed by atoms with Gasteiger partial charge in [0.1, 0.15) is 11.6 Å². The molecule has 43 heavy (non-hydrogen) atoms. The van der Waals surface area contributed by atoms with Gasteiger partial charge in [0.25, 0.3) is 0 Å². The maximum absolute atomic E-state index is 15.0. The van der Waals surface area contributed by atoms with Crippen molar-refractivity contribution in [2.75, 3.05) is 0 Å². The second-order valence-electron chi connectivity index (χ2n) is 11.6. The Bertz CT molecular complexity index is 1260. The first-order valence-electron chi connectivity index (χ1n) is 14.9. The second kappa shape index (κ2) is 14.6. The fourth-order valence-corrected chi connectivity index (χ4v) is 6.20. The average Bonchev–Trinajstić information content (AvgIpc) is 2.97. The van der Waals surface area contributed by atoms with Gasteiger partial charge < -0.3 is 9.47 Å². The number of alkyl halides is 2. The molecule has 2 nitrogen and oxygen atoms in total. The molecule has 0 aromatic heterocycles. The smallest absolute Gasteiger partial charge is 0.400 e. The van der Waals surface area contributed by atoms with E-state index in [1.165, 1.54) is 0 Å². The summed E-state index contributed by atoms with van der Waals surface area (Å²) in [4.78, 5) is 0. The number of rotatable bonds is 11. The highest BCUT2D eigenvalue weighted by Gasteiger charge is 2.44. The second-order valence-corrected chi connectivity index (χ2v) is 11.6. The third-order valence-corrected chi connectivity index (χ3v) is 8.67. The van der Waals surface area contributed by atoms with Crippen LogP contribution in [0.5, 0.6) is 11.5 Å². The van der Waals surface area contributed by atoms with E-state index in [1.807, 2.05) is 12.1 Å². The van der Waals surface area contributed by atoms with Crippen LogP contribution in [-0.2, 0) is 6.42 Å². The molecule has 0 atom stereocenters. The zero-order valence-corrected chi connectivity index (χ0v) is 24.0. The molecule has 0 spiro atoms. The zero-order valence-electron chi connectivity index (χ0n) is 24.0. The maximum atomic E-state index is 15.0. The first-order chi connectivity index (χ1) is 20.5. The van der Waals surface area contributed by atoms with Crippen molar-refractivity contribution in [2.45, 2.75) is 89.6 Å². The lowest BCUT2D eigenvalue weighted by molar-refractivity contribution is -0.223. The number of hydrogen-bond acceptors (Lipinski definition) is 2. The molecule has 2 aromatic carbocycles. The molecule has 2 aliphatic rings. The minimum absolute atomic E-state index is 0.0904. The number of hydrogen-bond donors (Lipinski definition) is 0. The molecule has 0 unspecified atom stereocenters. The van der Waals surface area contributed by atoms with Gasteiger partial charge in [-0.05, 0) is 106 Å². The number of ether oxygens (including phenoxy) is 2. The fraction of sp³-hybridized carbons (Fsp3) is 0.515. The third kappa shape index (κ3) is 8.76. The molecule has 2 aromatic rings. The van der Waals surface area contributed by atoms with Gasteiger partial charge in [-0.3, -0.25) is 0 Å². The van der Waals surface area contributed by atoms with Gasteiger partial charge >= 0.3 is 18.2 Å². The molecule has 2 aliphatic carbocycles. The number of halogens is 8. The van der Waals surface area contributed by atoms with E-state index in [1.54, 1.807) is 6.07 Å². The number of aryl methyl sites for hydroxylation is 1. The Hall–Kier alpha value is -3.04. The summed E-state index contributed by atoms with van der Waals surface area (Å²) in [6.07, 6.45) is 5.35. The van der Waals surface area contributed by atoms with Crippen molar-refractivity contribution in [3.05, 3.63) is 83.2 Å². The van der Waals surface area contributed by atoms with Gasteiger partial charge in [0.2, 0.25) is 5.75 Å². The molecule has 0 bridgehead atoms. The Kier molecular flexibility index (Phi) is 11.2. The van der Waals surface area contributed by atoms with Gasteiger partial charge in [0, 0.05) is 12.1 Å². The van der Waals surface area contributed by atoms with E-state index in [0.29, 0.717) is 55.2 Å². The predicted molar refractivity (Wildman–Crippen MR) is 147 cm³/mol. The Balaban J connectivity index is 1.26. The van der Waals surface area contributed by atoms with Crippen LogP contribution in [0.4, 0.5) is 35.1 Å². The van der Waals surface area contributed by atoms with Crippen molar-refractivity contribution < 1.29 is 44.6 Å². The highest BCUT2D eigenvalue weighted by atomic mass is 19.3. The van der Waals surface area contributed by atoms with Crippen LogP contribution in [0.1, 0.15) is 88.2 Å². The standard InChI is InChI=1S/C33H36F8O2/c1-2-3-4-20-5-10-22(11-6-20)24-14-13-23(27(34)17-24)12-7-21-8-15-25(16-9-21)33(40,41)43-26-18-28(35)30(29(36)19-26)42-32(39)31(37)38/h3-4,13-14,17-22,25H,2,5-12,15-16H2,1H3/b4-3+. The number of benzene rings is 2. The summed E-state index contributed by atoms with van der Waals surface area (Å²) >= 11 is 0. The van der Waals surface area contributed by atoms with Crippen molar-refractivity contribution in [2.24, 2.45) is 17.8 Å². The monoisotopic (exact) mass is 616 g/mol. The van der Waals surface area contributed by atoms with Crippen molar-refractivity contribution in [1.82, 2.24) is 0 Å². The number of allylic oxidation sites excluding steroid dienone is 2. The maximum Gasteiger partial charge on any atom is 0.400 e.